The van der Waals surface area contributed by atoms with Crippen molar-refractivity contribution in [3.05, 3.63) is 82.6 Å². The molecule has 0 aliphatic carbocycles. The normalized spacial score (nSPS) is 11.0. The van der Waals surface area contributed by atoms with E-state index in [0.29, 0.717) is 5.13 Å². The lowest BCUT2D eigenvalue weighted by atomic mass is 10.1. The number of rotatable bonds is 5. The molecule has 0 fully saturated rings. The van der Waals surface area contributed by atoms with Crippen LogP contribution in [0.5, 0.6) is 0 Å². The van der Waals surface area contributed by atoms with E-state index >= 15 is 0 Å². The van der Waals surface area contributed by atoms with Gasteiger partial charge in [0, 0.05) is 28.4 Å². The van der Waals surface area contributed by atoms with Gasteiger partial charge >= 0.3 is 0 Å². The molecule has 2 heterocycles. The number of hydrogen-bond donors (Lipinski definition) is 1. The summed E-state index contributed by atoms with van der Waals surface area (Å²) in [6, 6.07) is 16.2. The topological polar surface area (TPSA) is 55.1 Å². The predicted octanol–water partition coefficient (Wildman–Crippen LogP) is 4.97. The quantitative estimate of drug-likeness (QED) is 0.545. The predicted molar refractivity (Wildman–Crippen MR) is 105 cm³/mol. The van der Waals surface area contributed by atoms with Gasteiger partial charge in [-0.1, -0.05) is 42.5 Å². The van der Waals surface area contributed by atoms with Gasteiger partial charge in [0.1, 0.15) is 5.58 Å². The van der Waals surface area contributed by atoms with Crippen LogP contribution in [-0.2, 0) is 17.6 Å². The summed E-state index contributed by atoms with van der Waals surface area (Å²) < 4.78 is 5.56. The number of thiazole rings is 1. The molecule has 0 bridgehead atoms. The Morgan fingerprint density at radius 2 is 2.04 bits per heavy atom. The molecule has 1 N–H and O–H groups in total. The van der Waals surface area contributed by atoms with Crippen molar-refractivity contribution in [2.75, 3.05) is 5.32 Å². The van der Waals surface area contributed by atoms with Crippen LogP contribution in [0.2, 0.25) is 0 Å². The van der Waals surface area contributed by atoms with Crippen LogP contribution in [0.15, 0.2) is 65.4 Å². The summed E-state index contributed by atoms with van der Waals surface area (Å²) in [5, 5.41) is 4.50. The number of carbonyl (C=O) groups is 1. The molecule has 130 valence electrons. The Balaban J connectivity index is 1.42. The van der Waals surface area contributed by atoms with E-state index in [1.807, 2.05) is 49.5 Å². The summed E-state index contributed by atoms with van der Waals surface area (Å²) in [5.41, 5.74) is 4.07. The first-order valence-corrected chi connectivity index (χ1v) is 9.24. The molecule has 4 nitrogen and oxygen atoms in total. The second-order valence-electron chi connectivity index (χ2n) is 6.28. The maximum absolute atomic E-state index is 12.4. The van der Waals surface area contributed by atoms with Gasteiger partial charge in [0.2, 0.25) is 5.91 Å². The van der Waals surface area contributed by atoms with Crippen LogP contribution in [-0.4, -0.2) is 10.9 Å². The standard InChI is InChI=1S/C21H18N2O2S/c1-14-7-8-18-16(13-25-19(18)9-14)11-20(24)23-21-22-12-17(26-21)10-15-5-3-2-4-6-15/h2-9,12-13H,10-11H2,1H3,(H,22,23,24). The molecule has 0 atom stereocenters. The van der Waals surface area contributed by atoms with E-state index < -0.39 is 0 Å². The van der Waals surface area contributed by atoms with Crippen LogP contribution >= 0.6 is 11.3 Å². The van der Waals surface area contributed by atoms with Gasteiger partial charge in [0.15, 0.2) is 5.13 Å². The number of carbonyl (C=O) groups excluding carboxylic acids is 1. The Kier molecular flexibility index (Phi) is 4.54. The highest BCUT2D eigenvalue weighted by atomic mass is 32.1. The molecule has 0 aliphatic rings. The van der Waals surface area contributed by atoms with E-state index in [1.54, 1.807) is 6.26 Å². The molecule has 2 aromatic carbocycles. The third-order valence-corrected chi connectivity index (χ3v) is 5.10. The molecule has 0 aliphatic heterocycles. The van der Waals surface area contributed by atoms with Gasteiger partial charge < -0.3 is 9.73 Å². The lowest BCUT2D eigenvalue weighted by Crippen LogP contribution is -2.13. The van der Waals surface area contributed by atoms with Gasteiger partial charge in [0.05, 0.1) is 12.7 Å². The van der Waals surface area contributed by atoms with Crippen LogP contribution in [0, 0.1) is 6.92 Å². The largest absolute Gasteiger partial charge is 0.464 e. The number of benzene rings is 2. The van der Waals surface area contributed by atoms with E-state index in [2.05, 4.69) is 22.4 Å². The number of anilines is 1. The maximum Gasteiger partial charge on any atom is 0.230 e. The van der Waals surface area contributed by atoms with Crippen molar-refractivity contribution in [1.82, 2.24) is 4.98 Å². The number of furan rings is 1. The number of fused-ring (bicyclic) bond motifs is 1. The fraction of sp³-hybridized carbons (Fsp3) is 0.143. The van der Waals surface area contributed by atoms with Gasteiger partial charge in [-0.15, -0.1) is 11.3 Å². The first-order chi connectivity index (χ1) is 12.7. The highest BCUT2D eigenvalue weighted by Crippen LogP contribution is 2.24. The molecule has 26 heavy (non-hydrogen) atoms. The molecule has 2 aromatic heterocycles. The van der Waals surface area contributed by atoms with E-state index in [0.717, 1.165) is 33.4 Å². The Labute approximate surface area is 155 Å². The molecular weight excluding hydrogens is 344 g/mol. The van der Waals surface area contributed by atoms with E-state index in [4.69, 9.17) is 4.42 Å². The smallest absolute Gasteiger partial charge is 0.230 e. The number of aryl methyl sites for hydroxylation is 1. The summed E-state index contributed by atoms with van der Waals surface area (Å²) in [7, 11) is 0. The second-order valence-corrected chi connectivity index (χ2v) is 7.39. The van der Waals surface area contributed by atoms with E-state index in [-0.39, 0.29) is 12.3 Å². The number of aromatic nitrogens is 1. The van der Waals surface area contributed by atoms with Crippen LogP contribution in [0.25, 0.3) is 11.0 Å². The van der Waals surface area contributed by atoms with Crippen molar-refractivity contribution in [2.24, 2.45) is 0 Å². The summed E-state index contributed by atoms with van der Waals surface area (Å²) in [5.74, 6) is -0.0890. The molecule has 0 saturated heterocycles. The molecule has 0 radical (unpaired) electrons. The van der Waals surface area contributed by atoms with Crippen LogP contribution in [0.4, 0.5) is 5.13 Å². The number of hydrogen-bond acceptors (Lipinski definition) is 4. The van der Waals surface area contributed by atoms with Crippen molar-refractivity contribution in [3.8, 4) is 0 Å². The van der Waals surface area contributed by atoms with Crippen molar-refractivity contribution in [3.63, 3.8) is 0 Å². The first-order valence-electron chi connectivity index (χ1n) is 8.42. The zero-order valence-electron chi connectivity index (χ0n) is 14.4. The molecular formula is C21H18N2O2S. The number of nitrogens with zero attached hydrogens (tertiary/aromatic N) is 1. The molecule has 4 rings (SSSR count). The fourth-order valence-corrected chi connectivity index (χ4v) is 3.77. The molecule has 0 spiro atoms. The number of amides is 1. The molecule has 0 saturated carbocycles. The van der Waals surface area contributed by atoms with Crippen molar-refractivity contribution < 1.29 is 9.21 Å². The minimum atomic E-state index is -0.0890. The highest BCUT2D eigenvalue weighted by molar-refractivity contribution is 7.15. The van der Waals surface area contributed by atoms with Gasteiger partial charge in [0.25, 0.3) is 0 Å². The Morgan fingerprint density at radius 3 is 2.88 bits per heavy atom. The lowest BCUT2D eigenvalue weighted by Gasteiger charge is -2.01. The second kappa shape index (κ2) is 7.14. The van der Waals surface area contributed by atoms with Crippen molar-refractivity contribution in [1.29, 1.82) is 0 Å². The first kappa shape index (κ1) is 16.5. The zero-order chi connectivity index (χ0) is 17.9. The molecule has 0 unspecified atom stereocenters. The van der Waals surface area contributed by atoms with Gasteiger partial charge in [-0.3, -0.25) is 4.79 Å². The zero-order valence-corrected chi connectivity index (χ0v) is 15.2. The van der Waals surface area contributed by atoms with Gasteiger partial charge in [-0.25, -0.2) is 4.98 Å². The average molecular weight is 362 g/mol. The molecule has 1 amide bonds. The SMILES string of the molecule is Cc1ccc2c(CC(=O)Nc3ncc(Cc4ccccc4)s3)coc2c1. The third kappa shape index (κ3) is 3.68. The van der Waals surface area contributed by atoms with E-state index in [9.17, 15) is 4.79 Å². The lowest BCUT2D eigenvalue weighted by molar-refractivity contribution is -0.115. The number of nitrogens with one attached hydrogen (secondary N) is 1. The summed E-state index contributed by atoms with van der Waals surface area (Å²) in [4.78, 5) is 17.8. The highest BCUT2D eigenvalue weighted by Gasteiger charge is 2.12. The summed E-state index contributed by atoms with van der Waals surface area (Å²) in [6.45, 7) is 2.02. The molecule has 4 aromatic rings. The maximum atomic E-state index is 12.4. The van der Waals surface area contributed by atoms with Crippen LogP contribution in [0.1, 0.15) is 21.6 Å². The Hall–Kier alpha value is -2.92. The van der Waals surface area contributed by atoms with Gasteiger partial charge in [-0.2, -0.15) is 0 Å². The summed E-state index contributed by atoms with van der Waals surface area (Å²) >= 11 is 1.51. The average Bonchev–Trinajstić information content (AvgIpc) is 3.22. The van der Waals surface area contributed by atoms with Crippen molar-refractivity contribution >= 4 is 33.3 Å². The van der Waals surface area contributed by atoms with E-state index in [1.165, 1.54) is 16.9 Å². The van der Waals surface area contributed by atoms with Crippen LogP contribution in [0.3, 0.4) is 0 Å². The minimum absolute atomic E-state index is 0.0890. The minimum Gasteiger partial charge on any atom is -0.464 e. The summed E-state index contributed by atoms with van der Waals surface area (Å²) in [6.07, 6.45) is 4.57. The molecule has 5 heteroatoms. The van der Waals surface area contributed by atoms with Crippen molar-refractivity contribution in [2.45, 2.75) is 19.8 Å². The Morgan fingerprint density at radius 1 is 1.19 bits per heavy atom. The van der Waals surface area contributed by atoms with Gasteiger partial charge in [-0.05, 0) is 24.1 Å². The third-order valence-electron chi connectivity index (χ3n) is 4.18. The Bertz CT molecular complexity index is 1050. The fourth-order valence-electron chi connectivity index (χ4n) is 2.91. The van der Waals surface area contributed by atoms with Crippen LogP contribution < -0.4 is 5.32 Å². The monoisotopic (exact) mass is 362 g/mol.